The molecule has 25 heavy (non-hydrogen) atoms. The Labute approximate surface area is 146 Å². The third kappa shape index (κ3) is 4.03. The van der Waals surface area contributed by atoms with Crippen LogP contribution in [-0.4, -0.2) is 39.3 Å². The molecule has 6 heteroatoms. The summed E-state index contributed by atoms with van der Waals surface area (Å²) in [6.07, 6.45) is 3.04. The van der Waals surface area contributed by atoms with Crippen LogP contribution in [0.5, 0.6) is 28.7 Å². The number of carbonyl (C=O) groups is 1. The standard InChI is InChI=1S/C19H20O6/c1-22-14-6-8-16(23-2)12(9-14)5-7-15(20)13-10-17(24-3)19(21)18(11-13)25-4/h5-11,21H,1-4H3. The number of hydrogen-bond donors (Lipinski definition) is 1. The second-order valence-electron chi connectivity index (χ2n) is 5.03. The van der Waals surface area contributed by atoms with E-state index in [9.17, 15) is 9.90 Å². The Balaban J connectivity index is 2.35. The number of ketones is 1. The molecule has 0 heterocycles. The van der Waals surface area contributed by atoms with Crippen LogP contribution in [-0.2, 0) is 0 Å². The van der Waals surface area contributed by atoms with E-state index >= 15 is 0 Å². The fourth-order valence-corrected chi connectivity index (χ4v) is 2.27. The lowest BCUT2D eigenvalue weighted by molar-refractivity contribution is 0.104. The Morgan fingerprint density at radius 2 is 1.48 bits per heavy atom. The fraction of sp³-hybridized carbons (Fsp3) is 0.211. The van der Waals surface area contributed by atoms with Crippen LogP contribution in [0.2, 0.25) is 0 Å². The Morgan fingerprint density at radius 1 is 0.880 bits per heavy atom. The normalized spacial score (nSPS) is 10.6. The zero-order chi connectivity index (χ0) is 18.4. The van der Waals surface area contributed by atoms with Crippen LogP contribution >= 0.6 is 0 Å². The van der Waals surface area contributed by atoms with E-state index in [0.29, 0.717) is 22.6 Å². The lowest BCUT2D eigenvalue weighted by Crippen LogP contribution is -1.98. The maximum absolute atomic E-state index is 12.5. The smallest absolute Gasteiger partial charge is 0.200 e. The second kappa shape index (κ2) is 8.10. The number of allylic oxidation sites excluding steroid dienone is 1. The summed E-state index contributed by atoms with van der Waals surface area (Å²) in [5.74, 6) is 1.16. The molecule has 0 saturated carbocycles. The highest BCUT2D eigenvalue weighted by molar-refractivity contribution is 6.07. The molecular weight excluding hydrogens is 324 g/mol. The van der Waals surface area contributed by atoms with E-state index in [1.165, 1.54) is 32.4 Å². The van der Waals surface area contributed by atoms with E-state index in [1.807, 2.05) is 0 Å². The molecule has 0 aliphatic carbocycles. The minimum atomic E-state index is -0.276. The predicted molar refractivity (Wildman–Crippen MR) is 94.1 cm³/mol. The molecule has 0 amide bonds. The van der Waals surface area contributed by atoms with Gasteiger partial charge in [0.2, 0.25) is 5.75 Å². The van der Waals surface area contributed by atoms with Gasteiger partial charge in [-0.3, -0.25) is 4.79 Å². The van der Waals surface area contributed by atoms with Crippen LogP contribution in [0.4, 0.5) is 0 Å². The van der Waals surface area contributed by atoms with Crippen LogP contribution in [0.25, 0.3) is 6.08 Å². The van der Waals surface area contributed by atoms with Gasteiger partial charge in [0, 0.05) is 11.1 Å². The number of phenolic OH excluding ortho intramolecular Hbond substituents is 1. The van der Waals surface area contributed by atoms with Crippen molar-refractivity contribution >= 4 is 11.9 Å². The van der Waals surface area contributed by atoms with Crippen LogP contribution in [0.15, 0.2) is 36.4 Å². The van der Waals surface area contributed by atoms with Crippen molar-refractivity contribution in [3.05, 3.63) is 47.5 Å². The lowest BCUT2D eigenvalue weighted by atomic mass is 10.1. The molecular formula is C19H20O6. The molecule has 0 bridgehead atoms. The molecule has 0 fully saturated rings. The first kappa shape index (κ1) is 18.2. The number of ether oxygens (including phenoxy) is 4. The van der Waals surface area contributed by atoms with Gasteiger partial charge in [0.1, 0.15) is 11.5 Å². The number of phenols is 1. The third-order valence-corrected chi connectivity index (χ3v) is 3.62. The molecule has 0 atom stereocenters. The summed E-state index contributed by atoms with van der Waals surface area (Å²) in [4.78, 5) is 12.5. The van der Waals surface area contributed by atoms with Crippen molar-refractivity contribution in [2.45, 2.75) is 0 Å². The number of benzene rings is 2. The number of methoxy groups -OCH3 is 4. The quantitative estimate of drug-likeness (QED) is 0.613. The second-order valence-corrected chi connectivity index (χ2v) is 5.03. The van der Waals surface area contributed by atoms with Gasteiger partial charge in [0.15, 0.2) is 17.3 Å². The molecule has 6 nitrogen and oxygen atoms in total. The van der Waals surface area contributed by atoms with E-state index in [0.717, 1.165) is 0 Å². The lowest BCUT2D eigenvalue weighted by Gasteiger charge is -2.10. The SMILES string of the molecule is COc1ccc(OC)c(C=CC(=O)c2cc(OC)c(O)c(OC)c2)c1. The summed E-state index contributed by atoms with van der Waals surface area (Å²) < 4.78 is 20.6. The molecule has 0 spiro atoms. The number of aromatic hydroxyl groups is 1. The Bertz CT molecular complexity index is 769. The monoisotopic (exact) mass is 344 g/mol. The average Bonchev–Trinajstić information content (AvgIpc) is 2.65. The van der Waals surface area contributed by atoms with E-state index < -0.39 is 0 Å². The van der Waals surface area contributed by atoms with Crippen LogP contribution in [0.1, 0.15) is 15.9 Å². The molecule has 0 unspecified atom stereocenters. The molecule has 0 radical (unpaired) electrons. The maximum Gasteiger partial charge on any atom is 0.200 e. The van der Waals surface area contributed by atoms with Crippen molar-refractivity contribution in [1.82, 2.24) is 0 Å². The number of carbonyl (C=O) groups excluding carboxylic acids is 1. The van der Waals surface area contributed by atoms with E-state index in [-0.39, 0.29) is 23.0 Å². The molecule has 1 N–H and O–H groups in total. The molecule has 0 saturated heterocycles. The molecule has 2 aromatic rings. The van der Waals surface area contributed by atoms with Gasteiger partial charge in [0.05, 0.1) is 28.4 Å². The molecule has 2 aromatic carbocycles. The topological polar surface area (TPSA) is 74.2 Å². The average molecular weight is 344 g/mol. The Kier molecular flexibility index (Phi) is 5.89. The van der Waals surface area contributed by atoms with E-state index in [2.05, 4.69) is 0 Å². The van der Waals surface area contributed by atoms with Crippen molar-refractivity contribution in [3.63, 3.8) is 0 Å². The zero-order valence-electron chi connectivity index (χ0n) is 14.5. The molecule has 0 aliphatic heterocycles. The van der Waals surface area contributed by atoms with Crippen molar-refractivity contribution < 1.29 is 28.8 Å². The zero-order valence-corrected chi connectivity index (χ0v) is 14.5. The summed E-state index contributed by atoms with van der Waals surface area (Å²) in [5, 5.41) is 9.92. The van der Waals surface area contributed by atoms with Crippen LogP contribution < -0.4 is 18.9 Å². The summed E-state index contributed by atoms with van der Waals surface area (Å²) >= 11 is 0. The van der Waals surface area contributed by atoms with Gasteiger partial charge in [-0.2, -0.15) is 0 Å². The van der Waals surface area contributed by atoms with Gasteiger partial charge in [0.25, 0.3) is 0 Å². The van der Waals surface area contributed by atoms with Crippen molar-refractivity contribution in [2.75, 3.05) is 28.4 Å². The maximum atomic E-state index is 12.5. The summed E-state index contributed by atoms with van der Waals surface area (Å²) in [6.45, 7) is 0. The molecule has 0 aromatic heterocycles. The van der Waals surface area contributed by atoms with Gasteiger partial charge in [-0.05, 0) is 42.5 Å². The van der Waals surface area contributed by atoms with Gasteiger partial charge in [-0.15, -0.1) is 0 Å². The summed E-state index contributed by atoms with van der Waals surface area (Å²) in [7, 11) is 5.92. The van der Waals surface area contributed by atoms with E-state index in [1.54, 1.807) is 38.5 Å². The Morgan fingerprint density at radius 3 is 2.00 bits per heavy atom. The van der Waals surface area contributed by atoms with Crippen molar-refractivity contribution in [3.8, 4) is 28.7 Å². The first-order valence-corrected chi connectivity index (χ1v) is 7.43. The number of hydrogen-bond acceptors (Lipinski definition) is 6. The highest BCUT2D eigenvalue weighted by Crippen LogP contribution is 2.37. The highest BCUT2D eigenvalue weighted by atomic mass is 16.5. The summed E-state index contributed by atoms with van der Waals surface area (Å²) in [5.41, 5.74) is 1.03. The highest BCUT2D eigenvalue weighted by Gasteiger charge is 2.14. The number of rotatable bonds is 7. The van der Waals surface area contributed by atoms with Gasteiger partial charge in [-0.25, -0.2) is 0 Å². The minimum absolute atomic E-state index is 0.153. The fourth-order valence-electron chi connectivity index (χ4n) is 2.27. The van der Waals surface area contributed by atoms with Crippen LogP contribution in [0.3, 0.4) is 0 Å². The van der Waals surface area contributed by atoms with Crippen molar-refractivity contribution in [1.29, 1.82) is 0 Å². The van der Waals surface area contributed by atoms with E-state index in [4.69, 9.17) is 18.9 Å². The minimum Gasteiger partial charge on any atom is -0.502 e. The van der Waals surface area contributed by atoms with Gasteiger partial charge >= 0.3 is 0 Å². The van der Waals surface area contributed by atoms with Crippen molar-refractivity contribution in [2.24, 2.45) is 0 Å². The van der Waals surface area contributed by atoms with Crippen LogP contribution in [0, 0.1) is 0 Å². The first-order valence-electron chi connectivity index (χ1n) is 7.43. The largest absolute Gasteiger partial charge is 0.502 e. The summed E-state index contributed by atoms with van der Waals surface area (Å²) in [6, 6.07) is 8.20. The predicted octanol–water partition coefficient (Wildman–Crippen LogP) is 3.32. The van der Waals surface area contributed by atoms with Gasteiger partial charge < -0.3 is 24.1 Å². The Hall–Kier alpha value is -3.15. The molecule has 2 rings (SSSR count). The first-order chi connectivity index (χ1) is 12.0. The molecule has 132 valence electrons. The third-order valence-electron chi connectivity index (χ3n) is 3.62. The van der Waals surface area contributed by atoms with Gasteiger partial charge in [-0.1, -0.05) is 0 Å². The molecule has 0 aliphatic rings.